The largest absolute Gasteiger partial charge is 0.484 e. The van der Waals surface area contributed by atoms with Gasteiger partial charge in [-0.2, -0.15) is 13.2 Å². The fourth-order valence-corrected chi connectivity index (χ4v) is 3.43. The summed E-state index contributed by atoms with van der Waals surface area (Å²) >= 11 is 0. The molecule has 28 heavy (non-hydrogen) atoms. The van der Waals surface area contributed by atoms with Crippen LogP contribution in [-0.4, -0.2) is 27.0 Å². The molecule has 0 atom stereocenters. The third-order valence-electron chi connectivity index (χ3n) is 3.39. The Morgan fingerprint density at radius 2 is 1.61 bits per heavy atom. The fourth-order valence-electron chi connectivity index (χ4n) is 2.18. The molecule has 0 aromatic heterocycles. The second kappa shape index (κ2) is 8.61. The summed E-state index contributed by atoms with van der Waals surface area (Å²) in [4.78, 5) is 11.9. The minimum atomic E-state index is -4.44. The van der Waals surface area contributed by atoms with Crippen LogP contribution in [0, 0.1) is 0 Å². The van der Waals surface area contributed by atoms with Crippen LogP contribution in [0.25, 0.3) is 0 Å². The van der Waals surface area contributed by atoms with Crippen molar-refractivity contribution in [1.82, 2.24) is 4.72 Å². The molecule has 0 unspecified atom stereocenters. The number of benzene rings is 2. The van der Waals surface area contributed by atoms with Gasteiger partial charge in [-0.25, -0.2) is 13.1 Å². The number of ether oxygens (including phenoxy) is 1. The van der Waals surface area contributed by atoms with Crippen molar-refractivity contribution in [3.05, 3.63) is 54.1 Å². The van der Waals surface area contributed by atoms with Crippen molar-refractivity contribution in [2.75, 3.05) is 11.9 Å². The maximum absolute atomic E-state index is 12.5. The van der Waals surface area contributed by atoms with Gasteiger partial charge in [-0.05, 0) is 62.4 Å². The zero-order chi connectivity index (χ0) is 20.9. The van der Waals surface area contributed by atoms with Gasteiger partial charge in [0.25, 0.3) is 5.91 Å². The molecule has 1 amide bonds. The first-order chi connectivity index (χ1) is 13.0. The Labute approximate surface area is 160 Å². The molecule has 2 rings (SSSR count). The van der Waals surface area contributed by atoms with E-state index in [4.69, 9.17) is 4.74 Å². The Hall–Kier alpha value is -2.59. The summed E-state index contributed by atoms with van der Waals surface area (Å²) in [7, 11) is -3.63. The molecule has 0 aliphatic carbocycles. The van der Waals surface area contributed by atoms with Crippen molar-refractivity contribution in [2.45, 2.75) is 31.0 Å². The average molecular weight is 416 g/mol. The van der Waals surface area contributed by atoms with Crippen molar-refractivity contribution < 1.29 is 31.1 Å². The van der Waals surface area contributed by atoms with Crippen LogP contribution in [0.4, 0.5) is 18.9 Å². The maximum atomic E-state index is 12.5. The van der Waals surface area contributed by atoms with Crippen LogP contribution in [0.2, 0.25) is 0 Å². The van der Waals surface area contributed by atoms with Gasteiger partial charge in [-0.1, -0.05) is 0 Å². The average Bonchev–Trinajstić information content (AvgIpc) is 2.59. The van der Waals surface area contributed by atoms with Crippen LogP contribution in [0.5, 0.6) is 5.75 Å². The normalized spacial score (nSPS) is 12.1. The molecule has 152 valence electrons. The maximum Gasteiger partial charge on any atom is 0.416 e. The predicted octanol–water partition coefficient (Wildman–Crippen LogP) is 3.41. The minimum absolute atomic E-state index is 0.0557. The summed E-state index contributed by atoms with van der Waals surface area (Å²) in [6.07, 6.45) is -4.44. The fraction of sp³-hybridized carbons (Fsp3) is 0.278. The molecule has 0 radical (unpaired) electrons. The number of hydrogen-bond donors (Lipinski definition) is 2. The van der Waals surface area contributed by atoms with E-state index in [1.54, 1.807) is 13.8 Å². The van der Waals surface area contributed by atoms with Gasteiger partial charge in [0.2, 0.25) is 10.0 Å². The van der Waals surface area contributed by atoms with E-state index in [9.17, 15) is 26.4 Å². The smallest absolute Gasteiger partial charge is 0.416 e. The van der Waals surface area contributed by atoms with Crippen LogP contribution < -0.4 is 14.8 Å². The number of halogens is 3. The van der Waals surface area contributed by atoms with Crippen molar-refractivity contribution >= 4 is 21.6 Å². The molecule has 0 saturated heterocycles. The van der Waals surface area contributed by atoms with Crippen LogP contribution in [0.1, 0.15) is 19.4 Å². The number of hydrogen-bond acceptors (Lipinski definition) is 4. The summed E-state index contributed by atoms with van der Waals surface area (Å²) in [6, 6.07) is 9.24. The zero-order valence-corrected chi connectivity index (χ0v) is 15.9. The lowest BCUT2D eigenvalue weighted by atomic mass is 10.2. The lowest BCUT2D eigenvalue weighted by molar-refractivity contribution is -0.137. The summed E-state index contributed by atoms with van der Waals surface area (Å²) in [5.74, 6) is -0.430. The van der Waals surface area contributed by atoms with Crippen molar-refractivity contribution in [2.24, 2.45) is 0 Å². The Bertz CT molecular complexity index is 909. The molecular weight excluding hydrogens is 397 g/mol. The number of rotatable bonds is 7. The number of carbonyl (C=O) groups excluding carboxylic acids is 1. The third kappa shape index (κ3) is 6.24. The Balaban J connectivity index is 1.91. The molecule has 2 N–H and O–H groups in total. The summed E-state index contributed by atoms with van der Waals surface area (Å²) in [5, 5.41) is 2.51. The van der Waals surface area contributed by atoms with Gasteiger partial charge in [-0.15, -0.1) is 0 Å². The number of anilines is 1. The van der Waals surface area contributed by atoms with E-state index in [0.29, 0.717) is 5.69 Å². The van der Waals surface area contributed by atoms with Gasteiger partial charge >= 0.3 is 6.18 Å². The molecule has 6 nitrogen and oxygen atoms in total. The van der Waals surface area contributed by atoms with Gasteiger partial charge in [0.1, 0.15) is 5.75 Å². The third-order valence-corrected chi connectivity index (χ3v) is 5.07. The Kier molecular flexibility index (Phi) is 6.68. The number of carbonyl (C=O) groups is 1. The van der Waals surface area contributed by atoms with Gasteiger partial charge in [0, 0.05) is 11.7 Å². The molecule has 0 aliphatic rings. The molecule has 2 aromatic carbocycles. The topological polar surface area (TPSA) is 84.5 Å². The van der Waals surface area contributed by atoms with Gasteiger partial charge in [0.05, 0.1) is 10.5 Å². The van der Waals surface area contributed by atoms with Gasteiger partial charge < -0.3 is 10.1 Å². The van der Waals surface area contributed by atoms with Crippen molar-refractivity contribution in [3.8, 4) is 5.75 Å². The van der Waals surface area contributed by atoms with E-state index < -0.39 is 34.3 Å². The molecule has 2 aromatic rings. The molecule has 0 fully saturated rings. The molecule has 0 heterocycles. The summed E-state index contributed by atoms with van der Waals surface area (Å²) < 4.78 is 69.1. The number of sulfonamides is 1. The van der Waals surface area contributed by atoms with E-state index in [1.165, 1.54) is 24.3 Å². The van der Waals surface area contributed by atoms with Crippen LogP contribution in [0.15, 0.2) is 53.4 Å². The first-order valence-electron chi connectivity index (χ1n) is 8.20. The first kappa shape index (κ1) is 21.7. The molecule has 0 bridgehead atoms. The van der Waals surface area contributed by atoms with Crippen LogP contribution >= 0.6 is 0 Å². The van der Waals surface area contributed by atoms with Crippen molar-refractivity contribution in [3.63, 3.8) is 0 Å². The quantitative estimate of drug-likeness (QED) is 0.725. The standard InChI is InChI=1S/C18H19F3N2O4S/c1-12(2)23-28(25,26)16-9-5-14(6-10-16)22-17(24)11-27-15-7-3-13(4-8-15)18(19,20)21/h3-10,12,23H,11H2,1-2H3,(H,22,24). The summed E-state index contributed by atoms with van der Waals surface area (Å²) in [5.41, 5.74) is -0.462. The molecule has 10 heteroatoms. The van der Waals surface area contributed by atoms with Gasteiger partial charge in [0.15, 0.2) is 6.61 Å². The van der Waals surface area contributed by atoms with E-state index in [0.717, 1.165) is 24.3 Å². The van der Waals surface area contributed by atoms with Crippen LogP contribution in [0.3, 0.4) is 0 Å². The van der Waals surface area contributed by atoms with E-state index in [2.05, 4.69) is 10.0 Å². The minimum Gasteiger partial charge on any atom is -0.484 e. The monoisotopic (exact) mass is 416 g/mol. The lowest BCUT2D eigenvalue weighted by Crippen LogP contribution is -2.30. The highest BCUT2D eigenvalue weighted by atomic mass is 32.2. The zero-order valence-electron chi connectivity index (χ0n) is 15.1. The first-order valence-corrected chi connectivity index (χ1v) is 9.68. The highest BCUT2D eigenvalue weighted by Gasteiger charge is 2.30. The highest BCUT2D eigenvalue weighted by molar-refractivity contribution is 7.89. The Morgan fingerprint density at radius 1 is 1.04 bits per heavy atom. The molecular formula is C18H19F3N2O4S. The second-order valence-corrected chi connectivity index (χ2v) is 7.87. The second-order valence-electron chi connectivity index (χ2n) is 6.16. The summed E-state index contributed by atoms with van der Waals surface area (Å²) in [6.45, 7) is 2.98. The van der Waals surface area contributed by atoms with Crippen LogP contribution in [-0.2, 0) is 21.0 Å². The molecule has 0 aliphatic heterocycles. The predicted molar refractivity (Wildman–Crippen MR) is 97.5 cm³/mol. The number of alkyl halides is 3. The number of amides is 1. The van der Waals surface area contributed by atoms with Crippen molar-refractivity contribution in [1.29, 1.82) is 0 Å². The van der Waals surface area contributed by atoms with E-state index in [1.807, 2.05) is 0 Å². The lowest BCUT2D eigenvalue weighted by Gasteiger charge is -2.11. The van der Waals surface area contributed by atoms with E-state index >= 15 is 0 Å². The van der Waals surface area contributed by atoms with E-state index in [-0.39, 0.29) is 16.7 Å². The van der Waals surface area contributed by atoms with Gasteiger partial charge in [-0.3, -0.25) is 4.79 Å². The molecule has 0 saturated carbocycles. The highest BCUT2D eigenvalue weighted by Crippen LogP contribution is 2.30. The molecule has 0 spiro atoms. The number of nitrogens with one attached hydrogen (secondary N) is 2. The Morgan fingerprint density at radius 3 is 2.11 bits per heavy atom. The SMILES string of the molecule is CC(C)NS(=O)(=O)c1ccc(NC(=O)COc2ccc(C(F)(F)F)cc2)cc1.